The van der Waals surface area contributed by atoms with Gasteiger partial charge in [-0.3, -0.25) is 4.79 Å². The molecule has 1 N–H and O–H groups in total. The van der Waals surface area contributed by atoms with Crippen LogP contribution in [0.2, 0.25) is 0 Å². The SMILES string of the molecule is C=C(C)C(O)CCC(=O)CC. The summed E-state index contributed by atoms with van der Waals surface area (Å²) in [6.45, 7) is 7.19. The van der Waals surface area contributed by atoms with Crippen molar-refractivity contribution in [1.82, 2.24) is 0 Å². The molecule has 1 atom stereocenters. The Hall–Kier alpha value is -0.630. The first-order chi connectivity index (χ1) is 5.07. The van der Waals surface area contributed by atoms with Crippen LogP contribution in [0.4, 0.5) is 0 Å². The molecule has 0 fully saturated rings. The van der Waals surface area contributed by atoms with Crippen LogP contribution in [0.5, 0.6) is 0 Å². The topological polar surface area (TPSA) is 37.3 Å². The Balaban J connectivity index is 3.54. The van der Waals surface area contributed by atoms with Crippen molar-refractivity contribution in [2.75, 3.05) is 0 Å². The number of carbonyl (C=O) groups excluding carboxylic acids is 1. The van der Waals surface area contributed by atoms with Crippen molar-refractivity contribution in [2.45, 2.75) is 39.2 Å². The Morgan fingerprint density at radius 1 is 1.64 bits per heavy atom. The van der Waals surface area contributed by atoms with E-state index in [1.807, 2.05) is 6.92 Å². The van der Waals surface area contributed by atoms with Gasteiger partial charge in [0.05, 0.1) is 6.10 Å². The molecule has 0 aliphatic rings. The third-order valence-electron chi connectivity index (χ3n) is 1.66. The fourth-order valence-corrected chi connectivity index (χ4v) is 0.721. The van der Waals surface area contributed by atoms with Crippen LogP contribution in [0.3, 0.4) is 0 Å². The molecular weight excluding hydrogens is 140 g/mol. The molecule has 1 unspecified atom stereocenters. The summed E-state index contributed by atoms with van der Waals surface area (Å²) >= 11 is 0. The highest BCUT2D eigenvalue weighted by Gasteiger charge is 2.06. The second-order valence-corrected chi connectivity index (χ2v) is 2.79. The van der Waals surface area contributed by atoms with Gasteiger partial charge in [-0.1, -0.05) is 19.1 Å². The maximum atomic E-state index is 10.8. The standard InChI is InChI=1S/C9H16O2/c1-4-8(10)5-6-9(11)7(2)3/h9,11H,2,4-6H2,1,3H3. The summed E-state index contributed by atoms with van der Waals surface area (Å²) in [6.07, 6.45) is 1.03. The number of Topliss-reactive ketones (excluding diaryl/α,β-unsaturated/α-hetero) is 1. The summed E-state index contributed by atoms with van der Waals surface area (Å²) in [7, 11) is 0. The third kappa shape index (κ3) is 4.73. The Kier molecular flexibility index (Phi) is 4.79. The lowest BCUT2D eigenvalue weighted by Crippen LogP contribution is -2.09. The van der Waals surface area contributed by atoms with E-state index in [-0.39, 0.29) is 5.78 Å². The average Bonchev–Trinajstić information content (AvgIpc) is 1.99. The zero-order valence-corrected chi connectivity index (χ0v) is 7.26. The Morgan fingerprint density at radius 2 is 2.18 bits per heavy atom. The molecule has 0 radical (unpaired) electrons. The molecule has 0 saturated heterocycles. The van der Waals surface area contributed by atoms with E-state index in [4.69, 9.17) is 0 Å². The number of aliphatic hydroxyl groups is 1. The molecule has 0 saturated carbocycles. The molecule has 0 aromatic heterocycles. The van der Waals surface area contributed by atoms with Gasteiger partial charge in [-0.2, -0.15) is 0 Å². The molecule has 2 heteroatoms. The van der Waals surface area contributed by atoms with Crippen LogP contribution >= 0.6 is 0 Å². The predicted molar refractivity (Wildman–Crippen MR) is 45.4 cm³/mol. The molecule has 0 bridgehead atoms. The van der Waals surface area contributed by atoms with Gasteiger partial charge in [0.25, 0.3) is 0 Å². The van der Waals surface area contributed by atoms with Gasteiger partial charge in [-0.25, -0.2) is 0 Å². The van der Waals surface area contributed by atoms with Gasteiger partial charge in [-0.05, 0) is 13.3 Å². The highest BCUT2D eigenvalue weighted by Crippen LogP contribution is 2.06. The number of hydrogen-bond donors (Lipinski definition) is 1. The number of hydrogen-bond acceptors (Lipinski definition) is 2. The van der Waals surface area contributed by atoms with E-state index in [0.29, 0.717) is 19.3 Å². The summed E-state index contributed by atoms with van der Waals surface area (Å²) < 4.78 is 0. The molecule has 0 aromatic carbocycles. The molecular formula is C9H16O2. The van der Waals surface area contributed by atoms with Gasteiger partial charge in [-0.15, -0.1) is 0 Å². The lowest BCUT2D eigenvalue weighted by molar-refractivity contribution is -0.119. The lowest BCUT2D eigenvalue weighted by atomic mass is 10.1. The zero-order valence-electron chi connectivity index (χ0n) is 7.26. The van der Waals surface area contributed by atoms with Crippen molar-refractivity contribution in [3.63, 3.8) is 0 Å². The van der Waals surface area contributed by atoms with Crippen LogP contribution in [-0.2, 0) is 4.79 Å². The van der Waals surface area contributed by atoms with Crippen molar-refractivity contribution < 1.29 is 9.90 Å². The molecule has 0 aliphatic heterocycles. The number of ketones is 1. The Labute approximate surface area is 67.9 Å². The van der Waals surface area contributed by atoms with Gasteiger partial charge < -0.3 is 5.11 Å². The molecule has 0 amide bonds. The first-order valence-corrected chi connectivity index (χ1v) is 3.93. The van der Waals surface area contributed by atoms with E-state index >= 15 is 0 Å². The average molecular weight is 156 g/mol. The minimum absolute atomic E-state index is 0.199. The van der Waals surface area contributed by atoms with Gasteiger partial charge in [0.2, 0.25) is 0 Å². The maximum Gasteiger partial charge on any atom is 0.132 e. The maximum absolute atomic E-state index is 10.8. The molecule has 0 aliphatic carbocycles. The summed E-state index contributed by atoms with van der Waals surface area (Å²) in [5.74, 6) is 0.199. The lowest BCUT2D eigenvalue weighted by Gasteiger charge is -2.07. The van der Waals surface area contributed by atoms with Gasteiger partial charge in [0, 0.05) is 12.8 Å². The fraction of sp³-hybridized carbons (Fsp3) is 0.667. The van der Waals surface area contributed by atoms with Gasteiger partial charge in [0.1, 0.15) is 5.78 Å². The minimum atomic E-state index is -0.509. The van der Waals surface area contributed by atoms with Crippen molar-refractivity contribution >= 4 is 5.78 Å². The Bertz CT molecular complexity index is 150. The molecule has 0 aromatic rings. The first-order valence-electron chi connectivity index (χ1n) is 3.93. The molecule has 0 spiro atoms. The summed E-state index contributed by atoms with van der Waals surface area (Å²) in [5, 5.41) is 9.22. The quantitative estimate of drug-likeness (QED) is 0.615. The number of rotatable bonds is 5. The summed E-state index contributed by atoms with van der Waals surface area (Å²) in [6, 6.07) is 0. The molecule has 11 heavy (non-hydrogen) atoms. The van der Waals surface area contributed by atoms with Crippen molar-refractivity contribution in [3.05, 3.63) is 12.2 Å². The van der Waals surface area contributed by atoms with E-state index in [1.165, 1.54) is 0 Å². The minimum Gasteiger partial charge on any atom is -0.389 e. The van der Waals surface area contributed by atoms with E-state index in [9.17, 15) is 9.90 Å². The van der Waals surface area contributed by atoms with Crippen LogP contribution in [0.25, 0.3) is 0 Å². The van der Waals surface area contributed by atoms with E-state index in [2.05, 4.69) is 6.58 Å². The van der Waals surface area contributed by atoms with Crippen molar-refractivity contribution in [2.24, 2.45) is 0 Å². The highest BCUT2D eigenvalue weighted by atomic mass is 16.3. The Morgan fingerprint density at radius 3 is 2.55 bits per heavy atom. The van der Waals surface area contributed by atoms with Crippen LogP contribution in [0.1, 0.15) is 33.1 Å². The van der Waals surface area contributed by atoms with Crippen LogP contribution < -0.4 is 0 Å². The summed E-state index contributed by atoms with van der Waals surface area (Å²) in [5.41, 5.74) is 0.730. The van der Waals surface area contributed by atoms with Gasteiger partial charge >= 0.3 is 0 Å². The van der Waals surface area contributed by atoms with Crippen LogP contribution in [0.15, 0.2) is 12.2 Å². The zero-order chi connectivity index (χ0) is 8.85. The van der Waals surface area contributed by atoms with E-state index in [1.54, 1.807) is 6.92 Å². The molecule has 64 valence electrons. The first kappa shape index (κ1) is 10.4. The largest absolute Gasteiger partial charge is 0.389 e. The number of carbonyl (C=O) groups is 1. The molecule has 2 nitrogen and oxygen atoms in total. The smallest absolute Gasteiger partial charge is 0.132 e. The second-order valence-electron chi connectivity index (χ2n) is 2.79. The number of aliphatic hydroxyl groups excluding tert-OH is 1. The highest BCUT2D eigenvalue weighted by molar-refractivity contribution is 5.77. The normalized spacial score (nSPS) is 12.6. The van der Waals surface area contributed by atoms with E-state index in [0.717, 1.165) is 5.57 Å². The molecule has 0 rings (SSSR count). The van der Waals surface area contributed by atoms with Crippen molar-refractivity contribution in [1.29, 1.82) is 0 Å². The fourth-order valence-electron chi connectivity index (χ4n) is 0.721. The summed E-state index contributed by atoms with van der Waals surface area (Å²) in [4.78, 5) is 10.8. The second kappa shape index (κ2) is 5.08. The van der Waals surface area contributed by atoms with E-state index < -0.39 is 6.10 Å². The monoisotopic (exact) mass is 156 g/mol. The van der Waals surface area contributed by atoms with Gasteiger partial charge in [0.15, 0.2) is 0 Å². The van der Waals surface area contributed by atoms with Crippen LogP contribution in [-0.4, -0.2) is 17.0 Å². The third-order valence-corrected chi connectivity index (χ3v) is 1.66. The van der Waals surface area contributed by atoms with Crippen LogP contribution in [0, 0.1) is 0 Å². The van der Waals surface area contributed by atoms with Crippen molar-refractivity contribution in [3.8, 4) is 0 Å². The molecule has 0 heterocycles. The predicted octanol–water partition coefficient (Wildman–Crippen LogP) is 1.68.